The van der Waals surface area contributed by atoms with Gasteiger partial charge in [-0.05, 0) is 12.1 Å². The van der Waals surface area contributed by atoms with Crippen LogP contribution in [0.4, 0.5) is 0 Å². The van der Waals surface area contributed by atoms with E-state index in [9.17, 15) is 9.59 Å². The molecular weight excluding hydrogens is 184 g/mol. The van der Waals surface area contributed by atoms with Crippen molar-refractivity contribution in [3.8, 4) is 6.07 Å². The molecule has 1 rings (SSSR count). The summed E-state index contributed by atoms with van der Waals surface area (Å²) in [5.41, 5.74) is 0.0812. The Labute approximate surface area is 79.9 Å². The number of methoxy groups -OCH3 is 1. The molecule has 0 aliphatic carbocycles. The molecule has 1 aromatic rings. The second-order valence-corrected chi connectivity index (χ2v) is 2.36. The van der Waals surface area contributed by atoms with Crippen molar-refractivity contribution in [2.75, 3.05) is 7.11 Å². The minimum Gasteiger partial charge on any atom is -0.464 e. The van der Waals surface area contributed by atoms with E-state index in [0.29, 0.717) is 6.29 Å². The van der Waals surface area contributed by atoms with Crippen LogP contribution in [0.1, 0.15) is 26.5 Å². The Kier molecular flexibility index (Phi) is 2.92. The second-order valence-electron chi connectivity index (χ2n) is 2.36. The van der Waals surface area contributed by atoms with Gasteiger partial charge in [-0.3, -0.25) is 4.79 Å². The fourth-order valence-corrected chi connectivity index (χ4v) is 0.873. The van der Waals surface area contributed by atoms with Crippen molar-refractivity contribution in [2.24, 2.45) is 0 Å². The van der Waals surface area contributed by atoms with Crippen LogP contribution in [0, 0.1) is 11.3 Å². The van der Waals surface area contributed by atoms with Crippen molar-refractivity contribution < 1.29 is 14.3 Å². The lowest BCUT2D eigenvalue weighted by Crippen LogP contribution is -2.06. The second kappa shape index (κ2) is 4.14. The first-order valence-electron chi connectivity index (χ1n) is 3.67. The number of pyridine rings is 1. The number of hydrogen-bond acceptors (Lipinski definition) is 5. The lowest BCUT2D eigenvalue weighted by Gasteiger charge is -1.99. The average Bonchev–Trinajstić information content (AvgIpc) is 2.26. The molecule has 0 spiro atoms. The Bertz CT molecular complexity index is 421. The highest BCUT2D eigenvalue weighted by atomic mass is 16.5. The van der Waals surface area contributed by atoms with Gasteiger partial charge in [0.1, 0.15) is 11.8 Å². The van der Waals surface area contributed by atoms with Gasteiger partial charge in [0.2, 0.25) is 0 Å². The topological polar surface area (TPSA) is 80.0 Å². The maximum absolute atomic E-state index is 11.0. The Balaban J connectivity index is 3.22. The van der Waals surface area contributed by atoms with Gasteiger partial charge in [0.15, 0.2) is 12.0 Å². The molecule has 5 heteroatoms. The first-order chi connectivity index (χ1) is 6.72. The summed E-state index contributed by atoms with van der Waals surface area (Å²) in [5.74, 6) is -0.640. The highest BCUT2D eigenvalue weighted by Crippen LogP contribution is 2.05. The fraction of sp³-hybridized carbons (Fsp3) is 0.111. The molecular formula is C9H6N2O3. The van der Waals surface area contributed by atoms with Gasteiger partial charge in [-0.1, -0.05) is 0 Å². The molecule has 14 heavy (non-hydrogen) atoms. The van der Waals surface area contributed by atoms with Crippen LogP contribution in [0.15, 0.2) is 12.1 Å². The largest absolute Gasteiger partial charge is 0.464 e. The molecule has 0 fully saturated rings. The smallest absolute Gasteiger partial charge is 0.356 e. The van der Waals surface area contributed by atoms with Crippen molar-refractivity contribution in [3.05, 3.63) is 29.1 Å². The molecule has 0 radical (unpaired) electrons. The number of nitriles is 1. The van der Waals surface area contributed by atoms with Crippen molar-refractivity contribution in [1.82, 2.24) is 4.98 Å². The van der Waals surface area contributed by atoms with Gasteiger partial charge in [0, 0.05) is 0 Å². The van der Waals surface area contributed by atoms with Crippen LogP contribution < -0.4 is 0 Å². The molecule has 0 aromatic carbocycles. The lowest BCUT2D eigenvalue weighted by atomic mass is 10.2. The molecule has 1 aromatic heterocycles. The number of ether oxygens (including phenoxy) is 1. The highest BCUT2D eigenvalue weighted by Gasteiger charge is 2.10. The SMILES string of the molecule is COC(=O)c1ccc(C=O)c(C#N)n1. The quantitative estimate of drug-likeness (QED) is 0.502. The van der Waals surface area contributed by atoms with Gasteiger partial charge in [-0.25, -0.2) is 9.78 Å². The standard InChI is InChI=1S/C9H6N2O3/c1-14-9(13)7-3-2-6(5-12)8(4-10)11-7/h2-3,5H,1H3. The van der Waals surface area contributed by atoms with E-state index >= 15 is 0 Å². The summed E-state index contributed by atoms with van der Waals surface area (Å²) in [6.07, 6.45) is 0.507. The molecule has 0 saturated carbocycles. The molecule has 0 atom stereocenters. The normalized spacial score (nSPS) is 8.86. The van der Waals surface area contributed by atoms with E-state index in [-0.39, 0.29) is 17.0 Å². The van der Waals surface area contributed by atoms with Gasteiger partial charge in [0.25, 0.3) is 0 Å². The molecule has 1 heterocycles. The Morgan fingerprint density at radius 2 is 2.36 bits per heavy atom. The maximum atomic E-state index is 11.0. The molecule has 70 valence electrons. The minimum absolute atomic E-state index is 0.00894. The molecule has 5 nitrogen and oxygen atoms in total. The summed E-state index contributed by atoms with van der Waals surface area (Å²) in [4.78, 5) is 25.1. The van der Waals surface area contributed by atoms with E-state index in [4.69, 9.17) is 5.26 Å². The van der Waals surface area contributed by atoms with Gasteiger partial charge < -0.3 is 4.74 Å². The summed E-state index contributed by atoms with van der Waals surface area (Å²) >= 11 is 0. The van der Waals surface area contributed by atoms with E-state index in [1.807, 2.05) is 0 Å². The molecule has 0 unspecified atom stereocenters. The van der Waals surface area contributed by atoms with Gasteiger partial charge >= 0.3 is 5.97 Å². The van der Waals surface area contributed by atoms with Crippen molar-refractivity contribution in [2.45, 2.75) is 0 Å². The predicted molar refractivity (Wildman–Crippen MR) is 45.7 cm³/mol. The predicted octanol–water partition coefficient (Wildman–Crippen LogP) is 0.552. The third-order valence-electron chi connectivity index (χ3n) is 1.55. The van der Waals surface area contributed by atoms with Crippen LogP contribution in [0.3, 0.4) is 0 Å². The van der Waals surface area contributed by atoms with Crippen molar-refractivity contribution in [1.29, 1.82) is 5.26 Å². The fourth-order valence-electron chi connectivity index (χ4n) is 0.873. The summed E-state index contributed by atoms with van der Waals surface area (Å²) < 4.78 is 4.41. The van der Waals surface area contributed by atoms with E-state index < -0.39 is 5.97 Å². The van der Waals surface area contributed by atoms with Crippen LogP contribution >= 0.6 is 0 Å². The average molecular weight is 190 g/mol. The molecule has 0 bridgehead atoms. The number of rotatable bonds is 2. The zero-order valence-corrected chi connectivity index (χ0v) is 7.35. The number of carbonyl (C=O) groups is 2. The van der Waals surface area contributed by atoms with Crippen LogP contribution in [-0.2, 0) is 4.74 Å². The summed E-state index contributed by atoms with van der Waals surface area (Å²) in [7, 11) is 1.21. The number of aldehydes is 1. The molecule has 0 aliphatic rings. The zero-order valence-electron chi connectivity index (χ0n) is 7.35. The van der Waals surface area contributed by atoms with Crippen molar-refractivity contribution >= 4 is 12.3 Å². The first kappa shape index (κ1) is 9.86. The van der Waals surface area contributed by atoms with Gasteiger partial charge in [-0.15, -0.1) is 0 Å². The van der Waals surface area contributed by atoms with E-state index in [1.165, 1.54) is 19.2 Å². The molecule has 0 saturated heterocycles. The van der Waals surface area contributed by atoms with Gasteiger partial charge in [-0.2, -0.15) is 5.26 Å². The Hall–Kier alpha value is -2.22. The summed E-state index contributed by atoms with van der Waals surface area (Å²) in [5, 5.41) is 8.60. The Morgan fingerprint density at radius 3 is 2.86 bits per heavy atom. The Morgan fingerprint density at radius 1 is 1.64 bits per heavy atom. The number of carbonyl (C=O) groups excluding carboxylic acids is 2. The van der Waals surface area contributed by atoms with E-state index in [2.05, 4.69) is 9.72 Å². The highest BCUT2D eigenvalue weighted by molar-refractivity contribution is 5.88. The lowest BCUT2D eigenvalue weighted by molar-refractivity contribution is 0.0593. The third kappa shape index (κ3) is 1.75. The maximum Gasteiger partial charge on any atom is 0.356 e. The molecule has 0 N–H and O–H groups in total. The number of esters is 1. The first-order valence-corrected chi connectivity index (χ1v) is 3.67. The van der Waals surface area contributed by atoms with Crippen LogP contribution in [0.25, 0.3) is 0 Å². The van der Waals surface area contributed by atoms with Crippen molar-refractivity contribution in [3.63, 3.8) is 0 Å². The molecule has 0 aliphatic heterocycles. The number of hydrogen-bond donors (Lipinski definition) is 0. The third-order valence-corrected chi connectivity index (χ3v) is 1.55. The van der Waals surface area contributed by atoms with Gasteiger partial charge in [0.05, 0.1) is 12.7 Å². The van der Waals surface area contributed by atoms with Crippen LogP contribution in [0.2, 0.25) is 0 Å². The van der Waals surface area contributed by atoms with Crippen LogP contribution in [-0.4, -0.2) is 24.3 Å². The summed E-state index contributed by atoms with van der Waals surface area (Å²) in [6.45, 7) is 0. The monoisotopic (exact) mass is 190 g/mol. The van der Waals surface area contributed by atoms with Crippen LogP contribution in [0.5, 0.6) is 0 Å². The zero-order chi connectivity index (χ0) is 10.6. The van der Waals surface area contributed by atoms with E-state index in [0.717, 1.165) is 0 Å². The molecule has 0 amide bonds. The minimum atomic E-state index is -0.640. The number of aromatic nitrogens is 1. The van der Waals surface area contributed by atoms with E-state index in [1.54, 1.807) is 6.07 Å². The number of nitrogens with zero attached hydrogens (tertiary/aromatic N) is 2. The summed E-state index contributed by atoms with van der Waals surface area (Å²) in [6, 6.07) is 4.40.